The lowest BCUT2D eigenvalue weighted by atomic mass is 10.1. The lowest BCUT2D eigenvalue weighted by Gasteiger charge is -2.16. The summed E-state index contributed by atoms with van der Waals surface area (Å²) >= 11 is 0. The molecule has 30 heavy (non-hydrogen) atoms. The summed E-state index contributed by atoms with van der Waals surface area (Å²) in [6.07, 6.45) is 2.47. The summed E-state index contributed by atoms with van der Waals surface area (Å²) in [7, 11) is 1.57. The highest BCUT2D eigenvalue weighted by Gasteiger charge is 2.21. The number of benzene rings is 2. The Bertz CT molecular complexity index is 877. The van der Waals surface area contributed by atoms with E-state index < -0.39 is 0 Å². The molecule has 2 aromatic carbocycles. The number of carbonyl (C=O) groups is 2. The first-order valence-corrected chi connectivity index (χ1v) is 10.5. The highest BCUT2D eigenvalue weighted by atomic mass is 16.5. The van der Waals surface area contributed by atoms with Crippen molar-refractivity contribution in [2.45, 2.75) is 39.7 Å². The third kappa shape index (κ3) is 5.53. The van der Waals surface area contributed by atoms with Crippen LogP contribution in [0.15, 0.2) is 42.5 Å². The minimum absolute atomic E-state index is 0.168. The molecule has 6 heteroatoms. The number of hydrogen-bond acceptors (Lipinski definition) is 4. The highest BCUT2D eigenvalue weighted by molar-refractivity contribution is 5.95. The fraction of sp³-hybridized carbons (Fsp3) is 0.417. The van der Waals surface area contributed by atoms with Crippen LogP contribution in [0, 0.1) is 5.92 Å². The molecule has 2 amide bonds. The topological polar surface area (TPSA) is 67.9 Å². The standard InChI is InChI=1S/C24H30N2O4/c1-17(2)12-14-30-21-11-8-19(15-22(21)29-3)24(28)25-16-18-6-9-20(10-7-18)26-13-4-5-23(26)27/h6-11,15,17H,4-5,12-14,16H2,1-3H3,(H,25,28). The Balaban J connectivity index is 1.57. The molecule has 0 radical (unpaired) electrons. The van der Waals surface area contributed by atoms with Crippen molar-refractivity contribution in [1.29, 1.82) is 0 Å². The average molecular weight is 411 g/mol. The van der Waals surface area contributed by atoms with Gasteiger partial charge >= 0.3 is 0 Å². The van der Waals surface area contributed by atoms with Gasteiger partial charge in [0, 0.05) is 30.8 Å². The zero-order valence-electron chi connectivity index (χ0n) is 17.9. The maximum absolute atomic E-state index is 12.6. The molecule has 1 heterocycles. The molecule has 1 N–H and O–H groups in total. The van der Waals surface area contributed by atoms with Crippen LogP contribution < -0.4 is 19.7 Å². The van der Waals surface area contributed by atoms with Crippen molar-refractivity contribution in [3.8, 4) is 11.5 Å². The van der Waals surface area contributed by atoms with Crippen molar-refractivity contribution in [3.05, 3.63) is 53.6 Å². The van der Waals surface area contributed by atoms with Gasteiger partial charge in [-0.05, 0) is 54.7 Å². The van der Waals surface area contributed by atoms with E-state index in [1.165, 1.54) is 0 Å². The minimum atomic E-state index is -0.180. The maximum atomic E-state index is 12.6. The van der Waals surface area contributed by atoms with Crippen LogP contribution in [-0.4, -0.2) is 32.1 Å². The Kier molecular flexibility index (Phi) is 7.33. The number of nitrogens with one attached hydrogen (secondary N) is 1. The normalized spacial score (nSPS) is 13.6. The van der Waals surface area contributed by atoms with E-state index in [2.05, 4.69) is 19.2 Å². The number of anilines is 1. The van der Waals surface area contributed by atoms with E-state index >= 15 is 0 Å². The van der Waals surface area contributed by atoms with Crippen molar-refractivity contribution >= 4 is 17.5 Å². The van der Waals surface area contributed by atoms with Crippen LogP contribution in [0.5, 0.6) is 11.5 Å². The number of methoxy groups -OCH3 is 1. The quantitative estimate of drug-likeness (QED) is 0.674. The van der Waals surface area contributed by atoms with Crippen molar-refractivity contribution in [1.82, 2.24) is 5.32 Å². The van der Waals surface area contributed by atoms with Gasteiger partial charge in [-0.25, -0.2) is 0 Å². The van der Waals surface area contributed by atoms with Gasteiger partial charge in [0.05, 0.1) is 13.7 Å². The van der Waals surface area contributed by atoms with Gasteiger partial charge < -0.3 is 19.7 Å². The van der Waals surface area contributed by atoms with Gasteiger partial charge in [0.15, 0.2) is 11.5 Å². The van der Waals surface area contributed by atoms with Gasteiger partial charge in [-0.15, -0.1) is 0 Å². The third-order valence-electron chi connectivity index (χ3n) is 5.15. The predicted octanol–water partition coefficient (Wildman–Crippen LogP) is 4.18. The van der Waals surface area contributed by atoms with Gasteiger partial charge in [0.2, 0.25) is 5.91 Å². The molecular weight excluding hydrogens is 380 g/mol. The Labute approximate surface area is 178 Å². The van der Waals surface area contributed by atoms with E-state index in [0.29, 0.717) is 42.6 Å². The highest BCUT2D eigenvalue weighted by Crippen LogP contribution is 2.28. The maximum Gasteiger partial charge on any atom is 0.251 e. The lowest BCUT2D eigenvalue weighted by molar-refractivity contribution is -0.117. The summed E-state index contributed by atoms with van der Waals surface area (Å²) in [4.78, 5) is 26.2. The number of rotatable bonds is 9. The summed E-state index contributed by atoms with van der Waals surface area (Å²) in [6.45, 7) is 6.08. The van der Waals surface area contributed by atoms with Gasteiger partial charge in [-0.2, -0.15) is 0 Å². The van der Waals surface area contributed by atoms with Crippen molar-refractivity contribution in [2.24, 2.45) is 5.92 Å². The van der Waals surface area contributed by atoms with Crippen LogP contribution in [0.4, 0.5) is 5.69 Å². The molecule has 0 aromatic heterocycles. The second-order valence-electron chi connectivity index (χ2n) is 7.89. The molecule has 0 spiro atoms. The largest absolute Gasteiger partial charge is 0.493 e. The smallest absolute Gasteiger partial charge is 0.251 e. The molecular formula is C24H30N2O4. The molecule has 3 rings (SSSR count). The molecule has 1 saturated heterocycles. The summed E-state index contributed by atoms with van der Waals surface area (Å²) in [5, 5.41) is 2.93. The second-order valence-corrected chi connectivity index (χ2v) is 7.89. The lowest BCUT2D eigenvalue weighted by Crippen LogP contribution is -2.24. The van der Waals surface area contributed by atoms with E-state index in [-0.39, 0.29) is 11.8 Å². The van der Waals surface area contributed by atoms with Gasteiger partial charge in [-0.1, -0.05) is 26.0 Å². The van der Waals surface area contributed by atoms with Gasteiger partial charge in [0.1, 0.15) is 0 Å². The first-order valence-electron chi connectivity index (χ1n) is 10.5. The number of hydrogen-bond donors (Lipinski definition) is 1. The van der Waals surface area contributed by atoms with Crippen LogP contribution in [0.25, 0.3) is 0 Å². The molecule has 1 fully saturated rings. The van der Waals surface area contributed by atoms with E-state index in [1.54, 1.807) is 30.2 Å². The molecule has 6 nitrogen and oxygen atoms in total. The fourth-order valence-corrected chi connectivity index (χ4v) is 3.33. The minimum Gasteiger partial charge on any atom is -0.493 e. The molecule has 0 bridgehead atoms. The van der Waals surface area contributed by atoms with Crippen LogP contribution in [0.2, 0.25) is 0 Å². The van der Waals surface area contributed by atoms with E-state index in [1.807, 2.05) is 24.3 Å². The van der Waals surface area contributed by atoms with E-state index in [4.69, 9.17) is 9.47 Å². The molecule has 0 atom stereocenters. The Morgan fingerprint density at radius 1 is 1.13 bits per heavy atom. The van der Waals surface area contributed by atoms with Gasteiger partial charge in [-0.3, -0.25) is 9.59 Å². The number of amides is 2. The molecule has 2 aromatic rings. The van der Waals surface area contributed by atoms with Crippen LogP contribution in [0.3, 0.4) is 0 Å². The molecule has 0 aliphatic carbocycles. The Morgan fingerprint density at radius 3 is 2.53 bits per heavy atom. The zero-order valence-corrected chi connectivity index (χ0v) is 17.9. The van der Waals surface area contributed by atoms with Crippen LogP contribution in [-0.2, 0) is 11.3 Å². The summed E-state index contributed by atoms with van der Waals surface area (Å²) in [6, 6.07) is 12.9. The monoisotopic (exact) mass is 410 g/mol. The third-order valence-corrected chi connectivity index (χ3v) is 5.15. The van der Waals surface area contributed by atoms with E-state index in [0.717, 1.165) is 30.6 Å². The SMILES string of the molecule is COc1cc(C(=O)NCc2ccc(N3CCCC3=O)cc2)ccc1OCCC(C)C. The summed E-state index contributed by atoms with van der Waals surface area (Å²) in [5.74, 6) is 1.74. The fourth-order valence-electron chi connectivity index (χ4n) is 3.33. The predicted molar refractivity (Wildman–Crippen MR) is 117 cm³/mol. The first-order chi connectivity index (χ1) is 14.5. The molecule has 1 aliphatic heterocycles. The second kappa shape index (κ2) is 10.1. The number of ether oxygens (including phenoxy) is 2. The summed E-state index contributed by atoms with van der Waals surface area (Å²) < 4.78 is 11.2. The van der Waals surface area contributed by atoms with Crippen molar-refractivity contribution in [2.75, 3.05) is 25.2 Å². The molecule has 1 aliphatic rings. The van der Waals surface area contributed by atoms with Crippen LogP contribution in [0.1, 0.15) is 49.0 Å². The first kappa shape index (κ1) is 21.7. The van der Waals surface area contributed by atoms with Crippen LogP contribution >= 0.6 is 0 Å². The Hall–Kier alpha value is -3.02. The number of carbonyl (C=O) groups excluding carboxylic acids is 2. The van der Waals surface area contributed by atoms with Gasteiger partial charge in [0.25, 0.3) is 5.91 Å². The summed E-state index contributed by atoms with van der Waals surface area (Å²) in [5.41, 5.74) is 2.40. The molecule has 0 unspecified atom stereocenters. The van der Waals surface area contributed by atoms with E-state index in [9.17, 15) is 9.59 Å². The zero-order chi connectivity index (χ0) is 21.5. The Morgan fingerprint density at radius 2 is 1.90 bits per heavy atom. The van der Waals surface area contributed by atoms with Crippen molar-refractivity contribution in [3.63, 3.8) is 0 Å². The average Bonchev–Trinajstić information content (AvgIpc) is 3.18. The molecule has 160 valence electrons. The molecule has 0 saturated carbocycles. The van der Waals surface area contributed by atoms with Crippen molar-refractivity contribution < 1.29 is 19.1 Å². The number of nitrogens with zero attached hydrogens (tertiary/aromatic N) is 1.